The van der Waals surface area contributed by atoms with E-state index in [-0.39, 0.29) is 22.9 Å². The van der Waals surface area contributed by atoms with Crippen LogP contribution in [0.1, 0.15) is 30.6 Å². The van der Waals surface area contributed by atoms with Gasteiger partial charge in [0.2, 0.25) is 0 Å². The molecule has 1 aromatic carbocycles. The number of esters is 1. The highest BCUT2D eigenvalue weighted by Gasteiger charge is 2.32. The number of carbonyl (C=O) groups is 3. The van der Waals surface area contributed by atoms with Gasteiger partial charge in [0.15, 0.2) is 17.6 Å². The third-order valence-electron chi connectivity index (χ3n) is 3.67. The van der Waals surface area contributed by atoms with E-state index in [1.165, 1.54) is 26.2 Å². The van der Waals surface area contributed by atoms with Crippen molar-refractivity contribution in [3.05, 3.63) is 22.7 Å². The Kier molecular flexibility index (Phi) is 6.68. The van der Waals surface area contributed by atoms with Crippen LogP contribution in [0.2, 0.25) is 5.02 Å². The monoisotopic (exact) mass is 384 g/mol. The Morgan fingerprint density at radius 2 is 2.12 bits per heavy atom. The van der Waals surface area contributed by atoms with Crippen LogP contribution in [0.5, 0.6) is 11.5 Å². The molecule has 1 saturated heterocycles. The zero-order valence-electron chi connectivity index (χ0n) is 14.8. The Balaban J connectivity index is 2.12. The second-order valence-electron chi connectivity index (χ2n) is 5.61. The number of rotatable bonds is 7. The summed E-state index contributed by atoms with van der Waals surface area (Å²) in [6.07, 6.45) is -0.334. The summed E-state index contributed by atoms with van der Waals surface area (Å²) in [5.41, 5.74) is 0.112. The van der Waals surface area contributed by atoms with E-state index in [1.807, 2.05) is 6.92 Å². The molecule has 26 heavy (non-hydrogen) atoms. The van der Waals surface area contributed by atoms with Crippen molar-refractivity contribution in [2.45, 2.75) is 26.4 Å². The molecule has 1 fully saturated rings. The fourth-order valence-corrected chi connectivity index (χ4v) is 2.63. The average Bonchev–Trinajstić information content (AvgIpc) is 3.05. The minimum atomic E-state index is -1.12. The zero-order chi connectivity index (χ0) is 19.3. The SMILES string of the molecule is CCCOc1c(Cl)cc(C(=O)O[C@H](C)C(=O)N2CCNC2=O)cc1OC. The van der Waals surface area contributed by atoms with Gasteiger partial charge in [0.1, 0.15) is 0 Å². The smallest absolute Gasteiger partial charge is 0.339 e. The van der Waals surface area contributed by atoms with Gasteiger partial charge in [0.05, 0.1) is 24.3 Å². The molecule has 0 radical (unpaired) electrons. The fourth-order valence-electron chi connectivity index (χ4n) is 2.36. The molecule has 1 atom stereocenters. The Morgan fingerprint density at radius 3 is 2.69 bits per heavy atom. The first-order valence-corrected chi connectivity index (χ1v) is 8.57. The minimum Gasteiger partial charge on any atom is -0.493 e. The zero-order valence-corrected chi connectivity index (χ0v) is 15.6. The number of benzene rings is 1. The van der Waals surface area contributed by atoms with Crippen LogP contribution in [0.25, 0.3) is 0 Å². The first-order chi connectivity index (χ1) is 12.4. The van der Waals surface area contributed by atoms with E-state index >= 15 is 0 Å². The molecule has 1 aromatic rings. The number of hydrogen-bond donors (Lipinski definition) is 1. The van der Waals surface area contributed by atoms with Crippen LogP contribution >= 0.6 is 11.6 Å². The summed E-state index contributed by atoms with van der Waals surface area (Å²) >= 11 is 6.17. The molecule has 0 unspecified atom stereocenters. The highest BCUT2D eigenvalue weighted by Crippen LogP contribution is 2.36. The van der Waals surface area contributed by atoms with Gasteiger partial charge in [0.25, 0.3) is 5.91 Å². The van der Waals surface area contributed by atoms with Crippen molar-refractivity contribution in [1.82, 2.24) is 10.2 Å². The van der Waals surface area contributed by atoms with E-state index in [2.05, 4.69) is 5.32 Å². The predicted molar refractivity (Wildman–Crippen MR) is 93.8 cm³/mol. The van der Waals surface area contributed by atoms with Gasteiger partial charge < -0.3 is 19.5 Å². The van der Waals surface area contributed by atoms with Gasteiger partial charge in [-0.3, -0.25) is 9.69 Å². The molecule has 0 aromatic heterocycles. The molecule has 2 rings (SSSR count). The van der Waals surface area contributed by atoms with Crippen LogP contribution in [0.3, 0.4) is 0 Å². The number of nitrogens with zero attached hydrogens (tertiary/aromatic N) is 1. The Morgan fingerprint density at radius 1 is 1.38 bits per heavy atom. The molecule has 0 spiro atoms. The summed E-state index contributed by atoms with van der Waals surface area (Å²) in [4.78, 5) is 37.1. The first kappa shape index (κ1) is 19.8. The largest absolute Gasteiger partial charge is 0.493 e. The second-order valence-corrected chi connectivity index (χ2v) is 6.01. The summed E-state index contributed by atoms with van der Waals surface area (Å²) in [7, 11) is 1.43. The lowest BCUT2D eigenvalue weighted by Crippen LogP contribution is -2.41. The Hall–Kier alpha value is -2.48. The quantitative estimate of drug-likeness (QED) is 0.724. The number of nitrogens with one attached hydrogen (secondary N) is 1. The third kappa shape index (κ3) is 4.37. The van der Waals surface area contributed by atoms with Crippen molar-refractivity contribution in [1.29, 1.82) is 0 Å². The molecule has 1 aliphatic rings. The summed E-state index contributed by atoms with van der Waals surface area (Å²) in [5, 5.41) is 2.71. The van der Waals surface area contributed by atoms with Crippen LogP contribution < -0.4 is 14.8 Å². The van der Waals surface area contributed by atoms with Crippen LogP contribution in [-0.4, -0.2) is 55.7 Å². The van der Waals surface area contributed by atoms with Gasteiger partial charge in [0, 0.05) is 13.1 Å². The Labute approximate surface area is 156 Å². The van der Waals surface area contributed by atoms with Crippen LogP contribution in [-0.2, 0) is 9.53 Å². The number of ether oxygens (including phenoxy) is 3. The summed E-state index contributed by atoms with van der Waals surface area (Å²) < 4.78 is 15.9. The van der Waals surface area contributed by atoms with E-state index in [1.54, 1.807) is 0 Å². The fraction of sp³-hybridized carbons (Fsp3) is 0.471. The van der Waals surface area contributed by atoms with Crippen molar-refractivity contribution >= 4 is 29.5 Å². The second kappa shape index (κ2) is 8.75. The van der Waals surface area contributed by atoms with E-state index in [0.29, 0.717) is 18.9 Å². The molecule has 8 nitrogen and oxygen atoms in total. The molecule has 9 heteroatoms. The van der Waals surface area contributed by atoms with Gasteiger partial charge in [-0.15, -0.1) is 0 Å². The van der Waals surface area contributed by atoms with Gasteiger partial charge in [-0.1, -0.05) is 18.5 Å². The van der Waals surface area contributed by atoms with Crippen molar-refractivity contribution in [2.24, 2.45) is 0 Å². The van der Waals surface area contributed by atoms with Gasteiger partial charge in [-0.2, -0.15) is 0 Å². The molecule has 0 bridgehead atoms. The molecule has 1 heterocycles. The molecule has 0 saturated carbocycles. The topological polar surface area (TPSA) is 94.2 Å². The van der Waals surface area contributed by atoms with Crippen LogP contribution in [0.15, 0.2) is 12.1 Å². The van der Waals surface area contributed by atoms with Crippen molar-refractivity contribution in [2.75, 3.05) is 26.8 Å². The van der Waals surface area contributed by atoms with Gasteiger partial charge >= 0.3 is 12.0 Å². The summed E-state index contributed by atoms with van der Waals surface area (Å²) in [6.45, 7) is 4.41. The molecule has 0 aliphatic carbocycles. The third-order valence-corrected chi connectivity index (χ3v) is 3.95. The van der Waals surface area contributed by atoms with E-state index in [9.17, 15) is 14.4 Å². The summed E-state index contributed by atoms with van der Waals surface area (Å²) in [6, 6.07) is 2.32. The van der Waals surface area contributed by atoms with Gasteiger partial charge in [-0.05, 0) is 25.5 Å². The lowest BCUT2D eigenvalue weighted by molar-refractivity contribution is -0.136. The molecular weight excluding hydrogens is 364 g/mol. The number of halogens is 1. The number of urea groups is 1. The predicted octanol–water partition coefficient (Wildman–Crippen LogP) is 2.23. The average molecular weight is 385 g/mol. The summed E-state index contributed by atoms with van der Waals surface area (Å²) in [5.74, 6) is -0.719. The van der Waals surface area contributed by atoms with Crippen molar-refractivity contribution in [3.63, 3.8) is 0 Å². The molecular formula is C17H21ClN2O6. The van der Waals surface area contributed by atoms with Crippen LogP contribution in [0.4, 0.5) is 4.79 Å². The number of methoxy groups -OCH3 is 1. The highest BCUT2D eigenvalue weighted by molar-refractivity contribution is 6.32. The lowest BCUT2D eigenvalue weighted by Gasteiger charge is -2.18. The van der Waals surface area contributed by atoms with E-state index in [4.69, 9.17) is 25.8 Å². The maximum absolute atomic E-state index is 12.4. The normalized spacial score (nSPS) is 14.6. The first-order valence-electron chi connectivity index (χ1n) is 8.19. The van der Waals surface area contributed by atoms with E-state index in [0.717, 1.165) is 11.3 Å². The van der Waals surface area contributed by atoms with E-state index < -0.39 is 24.0 Å². The molecule has 142 valence electrons. The maximum Gasteiger partial charge on any atom is 0.339 e. The van der Waals surface area contributed by atoms with Crippen LogP contribution in [0, 0.1) is 0 Å². The Bertz CT molecular complexity index is 709. The molecule has 1 N–H and O–H groups in total. The molecule has 3 amide bonds. The standard InChI is InChI=1S/C17H21ClN2O6/c1-4-7-25-14-12(18)8-11(9-13(14)24-3)16(22)26-10(2)15(21)20-6-5-19-17(20)23/h8-10H,4-7H2,1-3H3,(H,19,23)/t10-/m1/s1. The minimum absolute atomic E-state index is 0.112. The number of amides is 3. The van der Waals surface area contributed by atoms with Crippen molar-refractivity contribution in [3.8, 4) is 11.5 Å². The molecule has 1 aliphatic heterocycles. The number of carbonyl (C=O) groups excluding carboxylic acids is 3. The number of imide groups is 1. The highest BCUT2D eigenvalue weighted by atomic mass is 35.5. The number of hydrogen-bond acceptors (Lipinski definition) is 6. The van der Waals surface area contributed by atoms with Crippen molar-refractivity contribution < 1.29 is 28.6 Å². The lowest BCUT2D eigenvalue weighted by atomic mass is 10.2. The maximum atomic E-state index is 12.4. The van der Waals surface area contributed by atoms with Gasteiger partial charge in [-0.25, -0.2) is 9.59 Å².